The van der Waals surface area contributed by atoms with Gasteiger partial charge in [-0.2, -0.15) is 0 Å². The Morgan fingerprint density at radius 3 is 2.33 bits per heavy atom. The first-order chi connectivity index (χ1) is 6.80. The maximum Gasteiger partial charge on any atom is 0.101 e. The second-order valence-electron chi connectivity index (χ2n) is 5.40. The molecule has 0 aliphatic carbocycles. The van der Waals surface area contributed by atoms with Crippen molar-refractivity contribution in [3.63, 3.8) is 0 Å². The van der Waals surface area contributed by atoms with Crippen molar-refractivity contribution in [2.24, 2.45) is 0 Å². The van der Waals surface area contributed by atoms with E-state index in [4.69, 9.17) is 0 Å². The van der Waals surface area contributed by atoms with Gasteiger partial charge in [0.2, 0.25) is 0 Å². The topological polar surface area (TPSA) is 0 Å². The molecule has 1 atom stereocenters. The molecule has 0 aliphatic rings. The molecule has 0 amide bonds. The van der Waals surface area contributed by atoms with Gasteiger partial charge in [0.25, 0.3) is 0 Å². The lowest BCUT2D eigenvalue weighted by Crippen LogP contribution is -2.16. The van der Waals surface area contributed by atoms with Crippen LogP contribution in [-0.2, 0) is 11.8 Å². The summed E-state index contributed by atoms with van der Waals surface area (Å²) in [5.41, 5.74) is 3.75. The number of halogens is 1. The van der Waals surface area contributed by atoms with Crippen molar-refractivity contribution in [1.82, 2.24) is 0 Å². The fourth-order valence-corrected chi connectivity index (χ4v) is 1.87. The van der Waals surface area contributed by atoms with Gasteiger partial charge in [-0.1, -0.05) is 44.5 Å². The van der Waals surface area contributed by atoms with Crippen LogP contribution < -0.4 is 0 Å². The predicted octanol–water partition coefficient (Wildman–Crippen LogP) is 4.19. The lowest BCUT2D eigenvalue weighted by atomic mass is 9.82. The lowest BCUT2D eigenvalue weighted by molar-refractivity contribution is 0.358. The molecule has 0 spiro atoms. The molecule has 1 unspecified atom stereocenters. The third-order valence-electron chi connectivity index (χ3n) is 2.57. The van der Waals surface area contributed by atoms with Crippen LogP contribution in [0, 0.1) is 6.92 Å². The quantitative estimate of drug-likeness (QED) is 0.683. The van der Waals surface area contributed by atoms with Crippen LogP contribution in [0.25, 0.3) is 0 Å². The highest BCUT2D eigenvalue weighted by molar-refractivity contribution is 5.36. The number of hydrogen-bond acceptors (Lipinski definition) is 0. The van der Waals surface area contributed by atoms with Crippen molar-refractivity contribution in [3.8, 4) is 0 Å². The van der Waals surface area contributed by atoms with Crippen molar-refractivity contribution >= 4 is 0 Å². The maximum absolute atomic E-state index is 13.1. The molecule has 0 radical (unpaired) electrons. The standard InChI is InChI=1S/C14H21F/c1-10-6-7-12(9-11(2)15)13(8-10)14(3,4)5/h6-8,11H,9H2,1-5H3. The van der Waals surface area contributed by atoms with Crippen LogP contribution in [0.5, 0.6) is 0 Å². The van der Waals surface area contributed by atoms with Crippen molar-refractivity contribution in [2.45, 2.75) is 52.6 Å². The molecule has 0 saturated carbocycles. The molecule has 0 nitrogen and oxygen atoms in total. The van der Waals surface area contributed by atoms with E-state index in [-0.39, 0.29) is 5.41 Å². The van der Waals surface area contributed by atoms with Gasteiger partial charge < -0.3 is 0 Å². The van der Waals surface area contributed by atoms with E-state index in [9.17, 15) is 4.39 Å². The normalized spacial score (nSPS) is 14.0. The number of rotatable bonds is 2. The minimum atomic E-state index is -0.770. The first-order valence-corrected chi connectivity index (χ1v) is 5.55. The molecule has 0 aliphatic heterocycles. The number of aryl methyl sites for hydroxylation is 1. The highest BCUT2D eigenvalue weighted by Crippen LogP contribution is 2.28. The minimum Gasteiger partial charge on any atom is -0.247 e. The molecule has 1 aromatic carbocycles. The fraction of sp³-hybridized carbons (Fsp3) is 0.571. The smallest absolute Gasteiger partial charge is 0.101 e. The van der Waals surface area contributed by atoms with Crippen LogP contribution in [0.1, 0.15) is 44.4 Å². The SMILES string of the molecule is Cc1ccc(CC(C)F)c(C(C)(C)C)c1. The van der Waals surface area contributed by atoms with Gasteiger partial charge in [0, 0.05) is 6.42 Å². The molecular formula is C14H21F. The summed E-state index contributed by atoms with van der Waals surface area (Å²) >= 11 is 0. The predicted molar refractivity (Wildman–Crippen MR) is 64.2 cm³/mol. The molecule has 0 fully saturated rings. The van der Waals surface area contributed by atoms with Gasteiger partial charge >= 0.3 is 0 Å². The van der Waals surface area contributed by atoms with E-state index in [1.165, 1.54) is 11.1 Å². The average molecular weight is 208 g/mol. The van der Waals surface area contributed by atoms with E-state index in [1.807, 2.05) is 0 Å². The summed E-state index contributed by atoms with van der Waals surface area (Å²) in [5.74, 6) is 0. The summed E-state index contributed by atoms with van der Waals surface area (Å²) in [6, 6.07) is 6.30. The van der Waals surface area contributed by atoms with E-state index in [0.29, 0.717) is 6.42 Å². The van der Waals surface area contributed by atoms with Gasteiger partial charge in [-0.15, -0.1) is 0 Å². The zero-order valence-corrected chi connectivity index (χ0v) is 10.4. The minimum absolute atomic E-state index is 0.0935. The zero-order chi connectivity index (χ0) is 11.6. The van der Waals surface area contributed by atoms with Gasteiger partial charge in [-0.25, -0.2) is 4.39 Å². The highest BCUT2D eigenvalue weighted by atomic mass is 19.1. The second-order valence-corrected chi connectivity index (χ2v) is 5.40. The zero-order valence-electron chi connectivity index (χ0n) is 10.4. The summed E-state index contributed by atoms with van der Waals surface area (Å²) in [5, 5.41) is 0. The molecule has 84 valence electrons. The van der Waals surface area contributed by atoms with Crippen molar-refractivity contribution in [2.75, 3.05) is 0 Å². The molecular weight excluding hydrogens is 187 g/mol. The van der Waals surface area contributed by atoms with E-state index in [1.54, 1.807) is 6.92 Å². The summed E-state index contributed by atoms with van der Waals surface area (Å²) in [6.45, 7) is 10.2. The van der Waals surface area contributed by atoms with Crippen LogP contribution in [0.15, 0.2) is 18.2 Å². The Balaban J connectivity index is 3.15. The number of hydrogen-bond donors (Lipinski definition) is 0. The Labute approximate surface area is 92.5 Å². The van der Waals surface area contributed by atoms with Crippen molar-refractivity contribution < 1.29 is 4.39 Å². The average Bonchev–Trinajstić information content (AvgIpc) is 2.05. The summed E-state index contributed by atoms with van der Waals surface area (Å²) in [4.78, 5) is 0. The lowest BCUT2D eigenvalue weighted by Gasteiger charge is -2.24. The number of benzene rings is 1. The first kappa shape index (κ1) is 12.2. The molecule has 1 aromatic rings. The van der Waals surface area contributed by atoms with Crippen molar-refractivity contribution in [3.05, 3.63) is 34.9 Å². The van der Waals surface area contributed by atoms with Crippen molar-refractivity contribution in [1.29, 1.82) is 0 Å². The van der Waals surface area contributed by atoms with E-state index < -0.39 is 6.17 Å². The molecule has 0 bridgehead atoms. The molecule has 1 rings (SSSR count). The van der Waals surface area contributed by atoms with E-state index in [0.717, 1.165) is 5.56 Å². The molecule has 0 N–H and O–H groups in total. The Kier molecular flexibility index (Phi) is 3.54. The van der Waals surface area contributed by atoms with Gasteiger partial charge in [-0.05, 0) is 30.4 Å². The van der Waals surface area contributed by atoms with Crippen LogP contribution in [0.3, 0.4) is 0 Å². The van der Waals surface area contributed by atoms with Gasteiger partial charge in [0.1, 0.15) is 6.17 Å². The fourth-order valence-electron chi connectivity index (χ4n) is 1.87. The second kappa shape index (κ2) is 4.34. The van der Waals surface area contributed by atoms with E-state index >= 15 is 0 Å². The Morgan fingerprint density at radius 1 is 1.27 bits per heavy atom. The Bertz CT molecular complexity index is 332. The van der Waals surface area contributed by atoms with Crippen LogP contribution in [0.4, 0.5) is 4.39 Å². The molecule has 0 saturated heterocycles. The molecule has 15 heavy (non-hydrogen) atoms. The molecule has 1 heteroatoms. The van der Waals surface area contributed by atoms with Crippen LogP contribution >= 0.6 is 0 Å². The van der Waals surface area contributed by atoms with Gasteiger partial charge in [-0.3, -0.25) is 0 Å². The van der Waals surface area contributed by atoms with Crippen LogP contribution in [0.2, 0.25) is 0 Å². The monoisotopic (exact) mass is 208 g/mol. The van der Waals surface area contributed by atoms with Crippen LogP contribution in [-0.4, -0.2) is 6.17 Å². The summed E-state index contributed by atoms with van der Waals surface area (Å²) < 4.78 is 13.1. The third kappa shape index (κ3) is 3.33. The largest absolute Gasteiger partial charge is 0.247 e. The molecule has 0 heterocycles. The maximum atomic E-state index is 13.1. The number of alkyl halides is 1. The Hall–Kier alpha value is -0.850. The molecule has 0 aromatic heterocycles. The van der Waals surface area contributed by atoms with Gasteiger partial charge in [0.15, 0.2) is 0 Å². The van der Waals surface area contributed by atoms with Gasteiger partial charge in [0.05, 0.1) is 0 Å². The summed E-state index contributed by atoms with van der Waals surface area (Å²) in [6.07, 6.45) is -0.249. The first-order valence-electron chi connectivity index (χ1n) is 5.55. The third-order valence-corrected chi connectivity index (χ3v) is 2.57. The van der Waals surface area contributed by atoms with E-state index in [2.05, 4.69) is 45.9 Å². The Morgan fingerprint density at radius 2 is 1.87 bits per heavy atom. The summed E-state index contributed by atoms with van der Waals surface area (Å²) in [7, 11) is 0. The highest BCUT2D eigenvalue weighted by Gasteiger charge is 2.18.